The maximum atomic E-state index is 12.9. The minimum Gasteiger partial charge on any atom is -0.478 e. The molecule has 0 radical (unpaired) electrons. The van der Waals surface area contributed by atoms with Crippen molar-refractivity contribution >= 4 is 23.4 Å². The number of ether oxygens (including phenoxy) is 1. The van der Waals surface area contributed by atoms with Crippen LogP contribution in [-0.4, -0.2) is 27.9 Å². The van der Waals surface area contributed by atoms with Gasteiger partial charge in [-0.05, 0) is 76.8 Å². The second-order valence-corrected chi connectivity index (χ2v) is 9.75. The van der Waals surface area contributed by atoms with E-state index in [4.69, 9.17) is 16.3 Å². The number of rotatable bonds is 6. The monoisotopic (exact) mass is 429 g/mol. The van der Waals surface area contributed by atoms with E-state index in [1.165, 1.54) is 6.07 Å². The van der Waals surface area contributed by atoms with Crippen molar-refractivity contribution in [2.24, 2.45) is 5.92 Å². The summed E-state index contributed by atoms with van der Waals surface area (Å²) in [6, 6.07) is 11.2. The first-order valence-electron chi connectivity index (χ1n) is 10.1. The topological polar surface area (TPSA) is 75.6 Å². The van der Waals surface area contributed by atoms with Crippen LogP contribution in [0.5, 0.6) is 11.5 Å². The first kappa shape index (κ1) is 22.3. The normalized spacial score (nSPS) is 18.0. The van der Waals surface area contributed by atoms with Crippen LogP contribution in [0.4, 0.5) is 0 Å². The Morgan fingerprint density at radius 3 is 2.30 bits per heavy atom. The van der Waals surface area contributed by atoms with Crippen molar-refractivity contribution < 1.29 is 19.4 Å². The van der Waals surface area contributed by atoms with Crippen LogP contribution < -0.4 is 10.1 Å². The lowest BCUT2D eigenvalue weighted by molar-refractivity contribution is 0.0693. The van der Waals surface area contributed by atoms with E-state index in [-0.39, 0.29) is 33.2 Å². The third-order valence-corrected chi connectivity index (χ3v) is 5.64. The van der Waals surface area contributed by atoms with Gasteiger partial charge in [0, 0.05) is 23.1 Å². The number of hydrogen-bond donors (Lipinski definition) is 2. The third kappa shape index (κ3) is 5.41. The first-order valence-corrected chi connectivity index (χ1v) is 10.5. The lowest BCUT2D eigenvalue weighted by atomic mass is 9.74. The Morgan fingerprint density at radius 2 is 1.70 bits per heavy atom. The highest BCUT2D eigenvalue weighted by molar-refractivity contribution is 6.32. The van der Waals surface area contributed by atoms with Crippen molar-refractivity contribution in [3.05, 3.63) is 58.6 Å². The maximum absolute atomic E-state index is 12.9. The number of Topliss-reactive ketones (excluding diaryl/α,β-unsaturated/α-hetero) is 1. The molecule has 0 aliphatic carbocycles. The summed E-state index contributed by atoms with van der Waals surface area (Å²) in [5.41, 5.74) is 0.553. The number of para-hydroxylation sites is 1. The smallest absolute Gasteiger partial charge is 0.339 e. The molecular formula is C24H28ClNO4. The predicted molar refractivity (Wildman–Crippen MR) is 118 cm³/mol. The van der Waals surface area contributed by atoms with Gasteiger partial charge < -0.3 is 15.2 Å². The Balaban J connectivity index is 1.74. The summed E-state index contributed by atoms with van der Waals surface area (Å²) in [7, 11) is 0. The molecule has 0 saturated carbocycles. The van der Waals surface area contributed by atoms with Crippen molar-refractivity contribution in [1.29, 1.82) is 0 Å². The summed E-state index contributed by atoms with van der Waals surface area (Å²) >= 11 is 6.35. The van der Waals surface area contributed by atoms with Gasteiger partial charge in [0.05, 0.1) is 5.02 Å². The van der Waals surface area contributed by atoms with Crippen LogP contribution in [0.3, 0.4) is 0 Å². The fraction of sp³-hybridized carbons (Fsp3) is 0.417. The van der Waals surface area contributed by atoms with Gasteiger partial charge in [0.15, 0.2) is 5.78 Å². The lowest BCUT2D eigenvalue weighted by Gasteiger charge is -2.46. The molecule has 0 unspecified atom stereocenters. The molecule has 0 atom stereocenters. The Kier molecular flexibility index (Phi) is 6.25. The summed E-state index contributed by atoms with van der Waals surface area (Å²) in [5, 5.41) is 13.2. The molecule has 2 N–H and O–H groups in total. The highest BCUT2D eigenvalue weighted by Gasteiger charge is 2.38. The molecule has 30 heavy (non-hydrogen) atoms. The number of carbonyl (C=O) groups excluding carboxylic acids is 1. The average molecular weight is 430 g/mol. The zero-order chi connectivity index (χ0) is 22.1. The third-order valence-electron chi connectivity index (χ3n) is 5.34. The maximum Gasteiger partial charge on any atom is 0.339 e. The molecule has 0 amide bonds. The fourth-order valence-electron chi connectivity index (χ4n) is 4.67. The number of carboxylic acids is 1. The fourth-order valence-corrected chi connectivity index (χ4v) is 4.88. The molecule has 1 saturated heterocycles. The van der Waals surface area contributed by atoms with Crippen LogP contribution in [0.25, 0.3) is 0 Å². The molecule has 1 aliphatic rings. The van der Waals surface area contributed by atoms with Gasteiger partial charge in [-0.2, -0.15) is 0 Å². The molecule has 1 fully saturated rings. The predicted octanol–water partition coefficient (Wildman–Crippen LogP) is 5.96. The number of benzene rings is 2. The minimum absolute atomic E-state index is 0.0143. The van der Waals surface area contributed by atoms with E-state index in [0.29, 0.717) is 23.7 Å². The quantitative estimate of drug-likeness (QED) is 0.554. The second-order valence-electron chi connectivity index (χ2n) is 9.34. The molecule has 1 heterocycles. The highest BCUT2D eigenvalue weighted by Crippen LogP contribution is 2.36. The van der Waals surface area contributed by atoms with E-state index in [0.717, 1.165) is 12.8 Å². The molecular weight excluding hydrogens is 402 g/mol. The first-order chi connectivity index (χ1) is 14.0. The van der Waals surface area contributed by atoms with Gasteiger partial charge in [-0.25, -0.2) is 4.79 Å². The van der Waals surface area contributed by atoms with Crippen LogP contribution >= 0.6 is 11.6 Å². The van der Waals surface area contributed by atoms with E-state index >= 15 is 0 Å². The van der Waals surface area contributed by atoms with Crippen molar-refractivity contribution in [2.45, 2.75) is 58.0 Å². The average Bonchev–Trinajstić information content (AvgIpc) is 2.60. The number of aromatic carboxylic acids is 1. The molecule has 2 aromatic carbocycles. The summed E-state index contributed by atoms with van der Waals surface area (Å²) in [6.45, 7) is 8.68. The number of hydrogen-bond acceptors (Lipinski definition) is 4. The van der Waals surface area contributed by atoms with Gasteiger partial charge in [0.1, 0.15) is 17.1 Å². The standard InChI is InChI=1S/C24H28ClNO4/c1-23(2)13-15(14-24(3,4)26-23)11-19(27)16-9-10-21(18(25)12-16)30-20-8-6-5-7-17(20)22(28)29/h5-10,12,15,26H,11,13-14H2,1-4H3,(H,28,29). The number of nitrogens with one attached hydrogen (secondary N) is 1. The largest absolute Gasteiger partial charge is 0.478 e. The van der Waals surface area contributed by atoms with Gasteiger partial charge in [0.25, 0.3) is 0 Å². The molecule has 3 rings (SSSR count). The van der Waals surface area contributed by atoms with E-state index in [1.807, 2.05) is 0 Å². The number of halogens is 1. The SMILES string of the molecule is CC1(C)CC(CC(=O)c2ccc(Oc3ccccc3C(=O)O)c(Cl)c2)CC(C)(C)N1. The van der Waals surface area contributed by atoms with Gasteiger partial charge in [0.2, 0.25) is 0 Å². The number of ketones is 1. The molecule has 5 nitrogen and oxygen atoms in total. The Labute approximate surface area is 182 Å². The van der Waals surface area contributed by atoms with Gasteiger partial charge in [-0.15, -0.1) is 0 Å². The summed E-state index contributed by atoms with van der Waals surface area (Å²) in [4.78, 5) is 24.3. The molecule has 6 heteroatoms. The van der Waals surface area contributed by atoms with Crippen LogP contribution in [0.2, 0.25) is 5.02 Å². The summed E-state index contributed by atoms with van der Waals surface area (Å²) < 4.78 is 5.71. The van der Waals surface area contributed by atoms with Crippen LogP contribution in [0, 0.1) is 5.92 Å². The van der Waals surface area contributed by atoms with Crippen LogP contribution in [-0.2, 0) is 0 Å². The van der Waals surface area contributed by atoms with Crippen molar-refractivity contribution in [3.8, 4) is 11.5 Å². The molecule has 1 aliphatic heterocycles. The molecule has 0 aromatic heterocycles. The van der Waals surface area contributed by atoms with Gasteiger partial charge >= 0.3 is 5.97 Å². The highest BCUT2D eigenvalue weighted by atomic mass is 35.5. The Bertz CT molecular complexity index is 951. The summed E-state index contributed by atoms with van der Waals surface area (Å²) in [6.07, 6.45) is 2.33. The number of piperidine rings is 1. The Morgan fingerprint density at radius 1 is 1.07 bits per heavy atom. The van der Waals surface area contributed by atoms with Crippen LogP contribution in [0.1, 0.15) is 67.7 Å². The Hall–Kier alpha value is -2.37. The van der Waals surface area contributed by atoms with Crippen LogP contribution in [0.15, 0.2) is 42.5 Å². The molecule has 2 aromatic rings. The van der Waals surface area contributed by atoms with E-state index in [2.05, 4.69) is 33.0 Å². The van der Waals surface area contributed by atoms with Crippen molar-refractivity contribution in [1.82, 2.24) is 5.32 Å². The van der Waals surface area contributed by atoms with E-state index < -0.39 is 5.97 Å². The van der Waals surface area contributed by atoms with Gasteiger partial charge in [-0.3, -0.25) is 4.79 Å². The van der Waals surface area contributed by atoms with Crippen molar-refractivity contribution in [3.63, 3.8) is 0 Å². The zero-order valence-electron chi connectivity index (χ0n) is 17.8. The number of carbonyl (C=O) groups is 2. The molecule has 0 spiro atoms. The number of carboxylic acid groups (broad SMARTS) is 1. The van der Waals surface area contributed by atoms with Gasteiger partial charge in [-0.1, -0.05) is 23.7 Å². The summed E-state index contributed by atoms with van der Waals surface area (Å²) in [5.74, 6) is -0.230. The molecule has 0 bridgehead atoms. The zero-order valence-corrected chi connectivity index (χ0v) is 18.5. The molecule has 160 valence electrons. The lowest BCUT2D eigenvalue weighted by Crippen LogP contribution is -2.57. The minimum atomic E-state index is -1.08. The van der Waals surface area contributed by atoms with E-state index in [9.17, 15) is 14.7 Å². The van der Waals surface area contributed by atoms with E-state index in [1.54, 1.807) is 36.4 Å². The second kappa shape index (κ2) is 8.40. The van der Waals surface area contributed by atoms with Crippen molar-refractivity contribution in [2.75, 3.05) is 0 Å².